The number of nitrogens with zero attached hydrogens (tertiary/aromatic N) is 3. The van der Waals surface area contributed by atoms with E-state index in [1.165, 1.54) is 5.56 Å². The molecule has 26 heavy (non-hydrogen) atoms. The summed E-state index contributed by atoms with van der Waals surface area (Å²) in [4.78, 5) is 11.5. The molecule has 4 nitrogen and oxygen atoms in total. The van der Waals surface area contributed by atoms with Crippen LogP contribution in [0.4, 0.5) is 5.82 Å². The average molecular weight is 368 g/mol. The zero-order valence-electron chi connectivity index (χ0n) is 14.6. The maximum Gasteiger partial charge on any atom is 0.147 e. The quantitative estimate of drug-likeness (QED) is 0.754. The molecule has 0 radical (unpaired) electrons. The van der Waals surface area contributed by atoms with Crippen molar-refractivity contribution in [2.75, 3.05) is 24.6 Å². The first kappa shape index (κ1) is 17.3. The summed E-state index contributed by atoms with van der Waals surface area (Å²) >= 11 is 5.98. The normalized spacial score (nSPS) is 16.8. The van der Waals surface area contributed by atoms with Crippen molar-refractivity contribution in [1.82, 2.24) is 9.97 Å². The van der Waals surface area contributed by atoms with Crippen LogP contribution in [0.25, 0.3) is 11.0 Å². The fraction of sp³-hybridized carbons (Fsp3) is 0.333. The minimum Gasteiger partial charge on any atom is -0.396 e. The summed E-state index contributed by atoms with van der Waals surface area (Å²) in [6.45, 7) is 1.95. The second kappa shape index (κ2) is 7.22. The molecule has 1 aliphatic heterocycles. The number of aromatic nitrogens is 2. The number of para-hydroxylation sites is 2. The molecule has 134 valence electrons. The molecule has 3 aromatic rings. The SMILES string of the molecule is OCC1(Cc2ccc(Cl)cc2)CCN(c2cnc3ccccc3n2)CC1. The van der Waals surface area contributed by atoms with E-state index in [1.807, 2.05) is 42.6 Å². The van der Waals surface area contributed by atoms with Crippen LogP contribution >= 0.6 is 11.6 Å². The predicted molar refractivity (Wildman–Crippen MR) is 106 cm³/mol. The average Bonchev–Trinajstić information content (AvgIpc) is 2.70. The van der Waals surface area contributed by atoms with Gasteiger partial charge in [-0.25, -0.2) is 4.98 Å². The molecule has 0 saturated carbocycles. The summed E-state index contributed by atoms with van der Waals surface area (Å²) in [6.07, 6.45) is 4.59. The molecule has 1 aromatic heterocycles. The van der Waals surface area contributed by atoms with Crippen molar-refractivity contribution in [3.63, 3.8) is 0 Å². The van der Waals surface area contributed by atoms with Crippen molar-refractivity contribution in [1.29, 1.82) is 0 Å². The van der Waals surface area contributed by atoms with Crippen LogP contribution in [0.2, 0.25) is 5.02 Å². The molecule has 4 rings (SSSR count). The largest absolute Gasteiger partial charge is 0.396 e. The number of benzene rings is 2. The molecule has 0 spiro atoms. The third kappa shape index (κ3) is 3.53. The zero-order valence-corrected chi connectivity index (χ0v) is 15.4. The number of fused-ring (bicyclic) bond motifs is 1. The van der Waals surface area contributed by atoms with Crippen molar-refractivity contribution >= 4 is 28.5 Å². The van der Waals surface area contributed by atoms with Crippen molar-refractivity contribution in [2.24, 2.45) is 5.41 Å². The topological polar surface area (TPSA) is 49.2 Å². The lowest BCUT2D eigenvalue weighted by molar-refractivity contribution is 0.0961. The fourth-order valence-corrected chi connectivity index (χ4v) is 3.86. The molecule has 2 aromatic carbocycles. The van der Waals surface area contributed by atoms with Gasteiger partial charge in [-0.2, -0.15) is 0 Å². The minimum absolute atomic E-state index is 0.0748. The van der Waals surface area contributed by atoms with Gasteiger partial charge in [0, 0.05) is 30.1 Å². The second-order valence-electron chi connectivity index (χ2n) is 7.17. The number of piperidine rings is 1. The van der Waals surface area contributed by atoms with Crippen molar-refractivity contribution in [2.45, 2.75) is 19.3 Å². The van der Waals surface area contributed by atoms with Crippen LogP contribution in [-0.2, 0) is 6.42 Å². The lowest BCUT2D eigenvalue weighted by Gasteiger charge is -2.41. The molecule has 1 saturated heterocycles. The van der Waals surface area contributed by atoms with Gasteiger partial charge in [-0.15, -0.1) is 0 Å². The van der Waals surface area contributed by atoms with Gasteiger partial charge >= 0.3 is 0 Å². The van der Waals surface area contributed by atoms with Gasteiger partial charge in [0.1, 0.15) is 5.82 Å². The summed E-state index contributed by atoms with van der Waals surface area (Å²) < 4.78 is 0. The lowest BCUT2D eigenvalue weighted by atomic mass is 9.74. The second-order valence-corrected chi connectivity index (χ2v) is 7.60. The number of rotatable bonds is 4. The summed E-state index contributed by atoms with van der Waals surface area (Å²) in [5.41, 5.74) is 2.99. The Kier molecular flexibility index (Phi) is 4.79. The third-order valence-corrected chi connectivity index (χ3v) is 5.66. The number of anilines is 1. The Bertz CT molecular complexity index is 889. The van der Waals surface area contributed by atoms with E-state index in [-0.39, 0.29) is 12.0 Å². The number of aliphatic hydroxyl groups is 1. The van der Waals surface area contributed by atoms with Crippen LogP contribution in [0, 0.1) is 5.41 Å². The molecule has 0 unspecified atom stereocenters. The van der Waals surface area contributed by atoms with Gasteiger partial charge in [-0.1, -0.05) is 35.9 Å². The molecule has 0 bridgehead atoms. The zero-order chi connectivity index (χ0) is 18.0. The van der Waals surface area contributed by atoms with E-state index < -0.39 is 0 Å². The van der Waals surface area contributed by atoms with E-state index >= 15 is 0 Å². The third-order valence-electron chi connectivity index (χ3n) is 5.41. The molecule has 2 heterocycles. The van der Waals surface area contributed by atoms with E-state index in [4.69, 9.17) is 16.6 Å². The van der Waals surface area contributed by atoms with Gasteiger partial charge < -0.3 is 10.0 Å². The summed E-state index contributed by atoms with van der Waals surface area (Å²) in [5, 5.41) is 10.8. The Morgan fingerprint density at radius 1 is 1.00 bits per heavy atom. The van der Waals surface area contributed by atoms with E-state index in [2.05, 4.69) is 22.0 Å². The van der Waals surface area contributed by atoms with Crippen LogP contribution in [-0.4, -0.2) is 34.8 Å². The summed E-state index contributed by atoms with van der Waals surface area (Å²) in [6, 6.07) is 15.9. The van der Waals surface area contributed by atoms with Gasteiger partial charge in [-0.3, -0.25) is 4.98 Å². The Morgan fingerprint density at radius 3 is 2.38 bits per heavy atom. The molecule has 1 aliphatic rings. The van der Waals surface area contributed by atoms with Crippen LogP contribution < -0.4 is 4.90 Å². The van der Waals surface area contributed by atoms with E-state index in [0.29, 0.717) is 0 Å². The molecular formula is C21H22ClN3O. The number of halogens is 1. The Balaban J connectivity index is 1.48. The minimum atomic E-state index is -0.0748. The summed E-state index contributed by atoms with van der Waals surface area (Å²) in [5.74, 6) is 0.918. The first-order chi connectivity index (χ1) is 12.7. The Labute approximate surface area is 158 Å². The van der Waals surface area contributed by atoms with Crippen molar-refractivity contribution in [3.05, 3.63) is 65.3 Å². The fourth-order valence-electron chi connectivity index (χ4n) is 3.74. The maximum atomic E-state index is 10.1. The van der Waals surface area contributed by atoms with Crippen molar-refractivity contribution < 1.29 is 5.11 Å². The predicted octanol–water partition coefficient (Wildman–Crippen LogP) is 4.10. The Hall–Kier alpha value is -2.17. The highest BCUT2D eigenvalue weighted by molar-refractivity contribution is 6.30. The highest BCUT2D eigenvalue weighted by Gasteiger charge is 2.34. The van der Waals surface area contributed by atoms with Crippen LogP contribution in [0.1, 0.15) is 18.4 Å². The maximum absolute atomic E-state index is 10.1. The van der Waals surface area contributed by atoms with Gasteiger partial charge in [0.25, 0.3) is 0 Å². The van der Waals surface area contributed by atoms with Gasteiger partial charge in [-0.05, 0) is 49.1 Å². The van der Waals surface area contributed by atoms with Gasteiger partial charge in [0.05, 0.1) is 17.2 Å². The number of hydrogen-bond donors (Lipinski definition) is 1. The molecule has 5 heteroatoms. The van der Waals surface area contributed by atoms with Gasteiger partial charge in [0.15, 0.2) is 0 Å². The lowest BCUT2D eigenvalue weighted by Crippen LogP contribution is -2.43. The van der Waals surface area contributed by atoms with Crippen LogP contribution in [0.5, 0.6) is 0 Å². The molecule has 0 amide bonds. The van der Waals surface area contributed by atoms with E-state index in [1.54, 1.807) is 0 Å². The first-order valence-corrected chi connectivity index (χ1v) is 9.37. The van der Waals surface area contributed by atoms with Crippen molar-refractivity contribution in [3.8, 4) is 0 Å². The summed E-state index contributed by atoms with van der Waals surface area (Å²) in [7, 11) is 0. The number of aliphatic hydroxyl groups excluding tert-OH is 1. The Morgan fingerprint density at radius 2 is 1.69 bits per heavy atom. The smallest absolute Gasteiger partial charge is 0.147 e. The first-order valence-electron chi connectivity index (χ1n) is 9.00. The van der Waals surface area contributed by atoms with Crippen LogP contribution in [0.15, 0.2) is 54.7 Å². The molecule has 0 aliphatic carbocycles. The van der Waals surface area contributed by atoms with E-state index in [0.717, 1.165) is 54.2 Å². The van der Waals surface area contributed by atoms with Crippen LogP contribution in [0.3, 0.4) is 0 Å². The van der Waals surface area contributed by atoms with Gasteiger partial charge in [0.2, 0.25) is 0 Å². The number of hydrogen-bond acceptors (Lipinski definition) is 4. The molecule has 1 fully saturated rings. The standard InChI is InChI=1S/C21H22ClN3O/c22-17-7-5-16(6-8-17)13-21(15-26)9-11-25(12-10-21)20-14-23-18-3-1-2-4-19(18)24-20/h1-8,14,26H,9-13,15H2. The monoisotopic (exact) mass is 367 g/mol. The van der Waals surface area contributed by atoms with E-state index in [9.17, 15) is 5.11 Å². The highest BCUT2D eigenvalue weighted by atomic mass is 35.5. The molecule has 1 N–H and O–H groups in total. The highest BCUT2D eigenvalue weighted by Crippen LogP contribution is 2.36. The molecule has 0 atom stereocenters. The molecular weight excluding hydrogens is 346 g/mol.